The minimum Gasteiger partial charge on any atom is -0.491 e. The highest BCUT2D eigenvalue weighted by atomic mass is 16.5. The Hall–Kier alpha value is -3.64. The molecule has 5 aromatic rings. The first-order chi connectivity index (χ1) is 14.2. The molecule has 0 bridgehead atoms. The third-order valence-corrected chi connectivity index (χ3v) is 4.92. The maximum atomic E-state index is 12.7. The van der Waals surface area contributed by atoms with Gasteiger partial charge in [-0.1, -0.05) is 42.5 Å². The first kappa shape index (κ1) is 17.5. The van der Waals surface area contributed by atoms with E-state index in [2.05, 4.69) is 4.98 Å². The molecule has 0 fully saturated rings. The number of fused-ring (bicyclic) bond motifs is 4. The minimum absolute atomic E-state index is 0.0585. The number of aliphatic hydroxyl groups excluding tert-OH is 1. The van der Waals surface area contributed by atoms with Gasteiger partial charge in [0.25, 0.3) is 5.56 Å². The van der Waals surface area contributed by atoms with Crippen molar-refractivity contribution in [2.45, 2.75) is 12.6 Å². The Kier molecular flexibility index (Phi) is 4.26. The lowest BCUT2D eigenvalue weighted by Crippen LogP contribution is -2.30. The largest absolute Gasteiger partial charge is 0.491 e. The number of rotatable bonds is 5. The summed E-state index contributed by atoms with van der Waals surface area (Å²) in [6.07, 6.45) is 0.564. The second kappa shape index (κ2) is 7.07. The van der Waals surface area contributed by atoms with Crippen LogP contribution < -0.4 is 10.3 Å². The maximum Gasteiger partial charge on any atom is 0.297 e. The van der Waals surface area contributed by atoms with E-state index >= 15 is 0 Å². The molecule has 2 heterocycles. The minimum atomic E-state index is -0.872. The van der Waals surface area contributed by atoms with Crippen LogP contribution in [0.25, 0.3) is 32.8 Å². The molecule has 0 aliphatic carbocycles. The lowest BCUT2D eigenvalue weighted by molar-refractivity contribution is 0.0915. The molecular weight excluding hydrogens is 368 g/mol. The van der Waals surface area contributed by atoms with Crippen LogP contribution in [0.15, 0.2) is 82.3 Å². The number of aromatic nitrogens is 2. The van der Waals surface area contributed by atoms with E-state index in [-0.39, 0.29) is 24.3 Å². The van der Waals surface area contributed by atoms with Crippen LogP contribution in [0.3, 0.4) is 0 Å². The van der Waals surface area contributed by atoms with Gasteiger partial charge in [-0.2, -0.15) is 0 Å². The number of para-hydroxylation sites is 1. The second-order valence-corrected chi connectivity index (χ2v) is 6.95. The van der Waals surface area contributed by atoms with Gasteiger partial charge >= 0.3 is 0 Å². The summed E-state index contributed by atoms with van der Waals surface area (Å²) in [5.41, 5.74) is 1.01. The van der Waals surface area contributed by atoms with E-state index in [1.807, 2.05) is 60.7 Å². The zero-order chi connectivity index (χ0) is 19.8. The molecule has 1 unspecified atom stereocenters. The van der Waals surface area contributed by atoms with Crippen LogP contribution in [0.4, 0.5) is 0 Å². The van der Waals surface area contributed by atoms with E-state index < -0.39 is 6.10 Å². The number of ether oxygens (including phenoxy) is 1. The van der Waals surface area contributed by atoms with Crippen molar-refractivity contribution >= 4 is 32.8 Å². The van der Waals surface area contributed by atoms with Gasteiger partial charge in [-0.3, -0.25) is 9.36 Å². The average molecular weight is 386 g/mol. The molecule has 1 atom stereocenters. The number of benzene rings is 3. The fourth-order valence-electron chi connectivity index (χ4n) is 3.47. The molecule has 3 aromatic carbocycles. The van der Waals surface area contributed by atoms with Gasteiger partial charge < -0.3 is 14.3 Å². The Morgan fingerprint density at radius 2 is 1.83 bits per heavy atom. The number of hydrogen-bond donors (Lipinski definition) is 1. The molecule has 29 heavy (non-hydrogen) atoms. The number of nitrogens with zero attached hydrogens (tertiary/aromatic N) is 2. The smallest absolute Gasteiger partial charge is 0.297 e. The standard InChI is InChI=1S/C23H18N2O4/c26-17(13-28-18-10-9-15-5-1-2-6-16(15)11-18)12-25-14-24-21-19-7-3-4-8-20(19)29-22(21)23(25)27/h1-11,14,17,26H,12-13H2. The van der Waals surface area contributed by atoms with Crippen LogP contribution in [-0.2, 0) is 6.54 Å². The van der Waals surface area contributed by atoms with Gasteiger partial charge in [0.15, 0.2) is 0 Å². The topological polar surface area (TPSA) is 77.5 Å². The molecule has 0 aliphatic rings. The summed E-state index contributed by atoms with van der Waals surface area (Å²) in [5.74, 6) is 0.668. The zero-order valence-corrected chi connectivity index (χ0v) is 15.5. The third kappa shape index (κ3) is 3.23. The van der Waals surface area contributed by atoms with E-state index in [1.54, 1.807) is 6.07 Å². The normalized spacial score (nSPS) is 12.6. The fraction of sp³-hybridized carbons (Fsp3) is 0.130. The Labute approximate surface area is 165 Å². The molecule has 0 saturated carbocycles. The molecule has 0 saturated heterocycles. The second-order valence-electron chi connectivity index (χ2n) is 6.95. The molecule has 6 nitrogen and oxygen atoms in total. The van der Waals surface area contributed by atoms with Gasteiger partial charge in [-0.25, -0.2) is 4.98 Å². The zero-order valence-electron chi connectivity index (χ0n) is 15.5. The molecular formula is C23H18N2O4. The van der Waals surface area contributed by atoms with Gasteiger partial charge in [0.1, 0.15) is 29.6 Å². The van der Waals surface area contributed by atoms with Crippen molar-refractivity contribution in [3.8, 4) is 5.75 Å². The summed E-state index contributed by atoms with van der Waals surface area (Å²) in [6.45, 7) is 0.120. The SMILES string of the molecule is O=c1c2oc3ccccc3c2ncn1CC(O)COc1ccc2ccccc2c1. The van der Waals surface area contributed by atoms with Crippen molar-refractivity contribution in [3.05, 3.63) is 83.4 Å². The summed E-state index contributed by atoms with van der Waals surface area (Å²) < 4.78 is 12.7. The Bertz CT molecular complexity index is 1390. The molecule has 2 aromatic heterocycles. The Morgan fingerprint density at radius 1 is 1.03 bits per heavy atom. The van der Waals surface area contributed by atoms with Crippen LogP contribution in [0.5, 0.6) is 5.75 Å². The van der Waals surface area contributed by atoms with Crippen LogP contribution in [-0.4, -0.2) is 27.4 Å². The molecule has 144 valence electrons. The van der Waals surface area contributed by atoms with Crippen molar-refractivity contribution < 1.29 is 14.3 Å². The maximum absolute atomic E-state index is 12.7. The van der Waals surface area contributed by atoms with Crippen LogP contribution in [0, 0.1) is 0 Å². The monoisotopic (exact) mass is 386 g/mol. The Morgan fingerprint density at radius 3 is 2.72 bits per heavy atom. The number of aliphatic hydroxyl groups is 1. The third-order valence-electron chi connectivity index (χ3n) is 4.92. The molecule has 0 spiro atoms. The summed E-state index contributed by atoms with van der Waals surface area (Å²) >= 11 is 0. The lowest BCUT2D eigenvalue weighted by atomic mass is 10.1. The number of furan rings is 1. The lowest BCUT2D eigenvalue weighted by Gasteiger charge is -2.14. The predicted octanol–water partition coefficient (Wildman–Crippen LogP) is 3.74. The number of hydrogen-bond acceptors (Lipinski definition) is 5. The van der Waals surface area contributed by atoms with E-state index in [0.29, 0.717) is 16.8 Å². The summed E-state index contributed by atoms with van der Waals surface area (Å²) in [5, 5.41) is 13.4. The van der Waals surface area contributed by atoms with Crippen molar-refractivity contribution in [3.63, 3.8) is 0 Å². The molecule has 0 amide bonds. The van der Waals surface area contributed by atoms with Gasteiger partial charge in [0.2, 0.25) is 5.58 Å². The molecule has 0 aliphatic heterocycles. The van der Waals surface area contributed by atoms with Crippen LogP contribution in [0.2, 0.25) is 0 Å². The van der Waals surface area contributed by atoms with Gasteiger partial charge in [0, 0.05) is 5.39 Å². The molecule has 6 heteroatoms. The highest BCUT2D eigenvalue weighted by Crippen LogP contribution is 2.24. The predicted molar refractivity (Wildman–Crippen MR) is 111 cm³/mol. The van der Waals surface area contributed by atoms with Crippen molar-refractivity contribution in [1.29, 1.82) is 0 Å². The quantitative estimate of drug-likeness (QED) is 0.498. The first-order valence-corrected chi connectivity index (χ1v) is 9.35. The summed E-state index contributed by atoms with van der Waals surface area (Å²) in [4.78, 5) is 17.1. The van der Waals surface area contributed by atoms with Gasteiger partial charge in [-0.05, 0) is 35.0 Å². The average Bonchev–Trinajstić information content (AvgIpc) is 3.14. The molecule has 5 rings (SSSR count). The first-order valence-electron chi connectivity index (χ1n) is 9.35. The van der Waals surface area contributed by atoms with Crippen molar-refractivity contribution in [1.82, 2.24) is 9.55 Å². The van der Waals surface area contributed by atoms with Crippen molar-refractivity contribution in [2.24, 2.45) is 0 Å². The van der Waals surface area contributed by atoms with Gasteiger partial charge in [-0.15, -0.1) is 0 Å². The van der Waals surface area contributed by atoms with Crippen molar-refractivity contribution in [2.75, 3.05) is 6.61 Å². The fourth-order valence-corrected chi connectivity index (χ4v) is 3.47. The van der Waals surface area contributed by atoms with Gasteiger partial charge in [0.05, 0.1) is 12.9 Å². The molecule has 1 N–H and O–H groups in total. The van der Waals surface area contributed by atoms with Crippen LogP contribution in [0.1, 0.15) is 0 Å². The summed E-state index contributed by atoms with van der Waals surface area (Å²) in [6, 6.07) is 21.1. The highest BCUT2D eigenvalue weighted by molar-refractivity contribution is 6.01. The van der Waals surface area contributed by atoms with E-state index in [0.717, 1.165) is 16.2 Å². The van der Waals surface area contributed by atoms with E-state index in [9.17, 15) is 9.90 Å². The van der Waals surface area contributed by atoms with Crippen LogP contribution >= 0.6 is 0 Å². The summed E-state index contributed by atoms with van der Waals surface area (Å²) in [7, 11) is 0. The Balaban J connectivity index is 1.34. The van der Waals surface area contributed by atoms with E-state index in [1.165, 1.54) is 10.9 Å². The van der Waals surface area contributed by atoms with E-state index in [4.69, 9.17) is 9.15 Å². The highest BCUT2D eigenvalue weighted by Gasteiger charge is 2.15. The molecule has 0 radical (unpaired) electrons.